The summed E-state index contributed by atoms with van der Waals surface area (Å²) in [4.78, 5) is 14.2. The summed E-state index contributed by atoms with van der Waals surface area (Å²) in [5.74, 6) is -0.533. The van der Waals surface area contributed by atoms with Gasteiger partial charge in [0.05, 0.1) is 6.10 Å². The van der Waals surface area contributed by atoms with Gasteiger partial charge in [0, 0.05) is 24.5 Å². The second-order valence-electron chi connectivity index (χ2n) is 5.23. The van der Waals surface area contributed by atoms with Crippen molar-refractivity contribution in [2.75, 3.05) is 19.7 Å². The van der Waals surface area contributed by atoms with Gasteiger partial charge in [-0.1, -0.05) is 19.0 Å². The predicted molar refractivity (Wildman–Crippen MR) is 70.8 cm³/mol. The Balaban J connectivity index is 2.58. The van der Waals surface area contributed by atoms with Crippen LogP contribution < -0.4 is 5.32 Å². The summed E-state index contributed by atoms with van der Waals surface area (Å²) < 4.78 is 5.62. The second kappa shape index (κ2) is 7.33. The highest BCUT2D eigenvalue weighted by atomic mass is 16.5. The van der Waals surface area contributed by atoms with Crippen molar-refractivity contribution in [1.82, 2.24) is 5.32 Å². The van der Waals surface area contributed by atoms with Gasteiger partial charge in [0.25, 0.3) is 0 Å². The van der Waals surface area contributed by atoms with Gasteiger partial charge in [-0.05, 0) is 30.8 Å². The van der Waals surface area contributed by atoms with Crippen LogP contribution in [0, 0.1) is 5.92 Å². The van der Waals surface area contributed by atoms with E-state index in [9.17, 15) is 9.90 Å². The van der Waals surface area contributed by atoms with E-state index in [1.165, 1.54) is 0 Å². The van der Waals surface area contributed by atoms with E-state index in [1.807, 2.05) is 13.8 Å². The van der Waals surface area contributed by atoms with Crippen molar-refractivity contribution in [3.63, 3.8) is 0 Å². The third-order valence-electron chi connectivity index (χ3n) is 3.52. The number of rotatable bonds is 7. The maximum Gasteiger partial charge on any atom is 0.324 e. The zero-order valence-corrected chi connectivity index (χ0v) is 11.5. The lowest BCUT2D eigenvalue weighted by molar-refractivity contribution is -0.153. The highest BCUT2D eigenvalue weighted by molar-refractivity contribution is 5.79. The smallest absolute Gasteiger partial charge is 0.324 e. The summed E-state index contributed by atoms with van der Waals surface area (Å²) in [6.45, 7) is 5.42. The number of nitrogens with one attached hydrogen (secondary N) is 1. The van der Waals surface area contributed by atoms with E-state index in [2.05, 4.69) is 15.3 Å². The lowest BCUT2D eigenvalue weighted by atomic mass is 9.83. The number of aliphatic carboxylic acids is 1. The second-order valence-corrected chi connectivity index (χ2v) is 5.23. The van der Waals surface area contributed by atoms with E-state index in [-0.39, 0.29) is 6.10 Å². The van der Waals surface area contributed by atoms with Gasteiger partial charge in [-0.2, -0.15) is 0 Å². The molecule has 0 aliphatic carbocycles. The Kier molecular flexibility index (Phi) is 6.08. The Morgan fingerprint density at radius 3 is 3.00 bits per heavy atom. The third-order valence-corrected chi connectivity index (χ3v) is 3.52. The van der Waals surface area contributed by atoms with Crippen LogP contribution in [0.15, 0.2) is 5.11 Å². The molecule has 7 heteroatoms. The highest BCUT2D eigenvalue weighted by Crippen LogP contribution is 2.29. The van der Waals surface area contributed by atoms with E-state index in [1.54, 1.807) is 0 Å². The Labute approximate surface area is 113 Å². The summed E-state index contributed by atoms with van der Waals surface area (Å²) in [6, 6.07) is 0. The van der Waals surface area contributed by atoms with E-state index in [4.69, 9.17) is 10.3 Å². The van der Waals surface area contributed by atoms with Crippen molar-refractivity contribution in [1.29, 1.82) is 0 Å². The van der Waals surface area contributed by atoms with Crippen LogP contribution in [0.1, 0.15) is 33.1 Å². The van der Waals surface area contributed by atoms with E-state index in [0.29, 0.717) is 44.9 Å². The summed E-state index contributed by atoms with van der Waals surface area (Å²) >= 11 is 0. The van der Waals surface area contributed by atoms with Crippen molar-refractivity contribution in [2.24, 2.45) is 11.0 Å². The Morgan fingerprint density at radius 1 is 1.68 bits per heavy atom. The van der Waals surface area contributed by atoms with Gasteiger partial charge in [-0.25, -0.2) is 0 Å². The topological polar surface area (TPSA) is 107 Å². The van der Waals surface area contributed by atoms with Crippen molar-refractivity contribution in [2.45, 2.75) is 44.8 Å². The summed E-state index contributed by atoms with van der Waals surface area (Å²) in [7, 11) is 0. The van der Waals surface area contributed by atoms with Crippen LogP contribution >= 0.6 is 0 Å². The van der Waals surface area contributed by atoms with E-state index in [0.717, 1.165) is 0 Å². The number of carboxylic acids is 1. The zero-order valence-electron chi connectivity index (χ0n) is 11.5. The first-order chi connectivity index (χ1) is 9.02. The number of hydrogen-bond acceptors (Lipinski definition) is 4. The Hall–Kier alpha value is -1.30. The predicted octanol–water partition coefficient (Wildman–Crippen LogP) is 1.93. The van der Waals surface area contributed by atoms with Crippen LogP contribution in [0.4, 0.5) is 0 Å². The molecule has 2 unspecified atom stereocenters. The molecule has 1 rings (SSSR count). The van der Waals surface area contributed by atoms with Crippen molar-refractivity contribution >= 4 is 5.97 Å². The zero-order chi connectivity index (χ0) is 14.3. The Bertz CT molecular complexity index is 355. The minimum Gasteiger partial charge on any atom is -0.480 e. The molecule has 0 amide bonds. The molecule has 0 bridgehead atoms. The third kappa shape index (κ3) is 4.38. The van der Waals surface area contributed by atoms with Crippen LogP contribution in [0.5, 0.6) is 0 Å². The largest absolute Gasteiger partial charge is 0.480 e. The number of hydrogen-bond donors (Lipinski definition) is 2. The number of ether oxygens (including phenoxy) is 1. The van der Waals surface area contributed by atoms with Gasteiger partial charge < -0.3 is 15.2 Å². The molecule has 1 heterocycles. The van der Waals surface area contributed by atoms with Crippen LogP contribution in [0.2, 0.25) is 0 Å². The number of azide groups is 1. The van der Waals surface area contributed by atoms with Crippen LogP contribution in [0.3, 0.4) is 0 Å². The number of nitrogens with zero attached hydrogens (tertiary/aromatic N) is 3. The molecule has 19 heavy (non-hydrogen) atoms. The fraction of sp³-hybridized carbons (Fsp3) is 0.917. The maximum atomic E-state index is 11.6. The first-order valence-electron chi connectivity index (χ1n) is 6.63. The van der Waals surface area contributed by atoms with Gasteiger partial charge in [0.2, 0.25) is 0 Å². The van der Waals surface area contributed by atoms with Gasteiger partial charge in [-0.15, -0.1) is 0 Å². The van der Waals surface area contributed by atoms with Gasteiger partial charge in [-0.3, -0.25) is 4.79 Å². The van der Waals surface area contributed by atoms with Crippen molar-refractivity contribution in [3.8, 4) is 0 Å². The normalized spacial score (nSPS) is 27.0. The molecule has 0 aromatic heterocycles. The fourth-order valence-corrected chi connectivity index (χ4v) is 2.27. The molecule has 0 aromatic carbocycles. The minimum absolute atomic E-state index is 0.0329. The number of carbonyl (C=O) groups is 1. The standard InChI is InChI=1S/C12H22N4O3/c1-9(2)10-8-12(11(17)18,4-7-19-10)14-5-3-6-15-16-13/h9-10,14H,3-8H2,1-2H3,(H,17,18). The molecule has 1 aliphatic rings. The first kappa shape index (κ1) is 15.8. The molecular weight excluding hydrogens is 248 g/mol. The molecule has 0 spiro atoms. The Morgan fingerprint density at radius 2 is 2.42 bits per heavy atom. The van der Waals surface area contributed by atoms with E-state index < -0.39 is 11.5 Å². The molecule has 0 saturated carbocycles. The minimum atomic E-state index is -0.913. The lowest BCUT2D eigenvalue weighted by Gasteiger charge is -2.39. The van der Waals surface area contributed by atoms with Gasteiger partial charge in [0.15, 0.2) is 0 Å². The molecule has 1 aliphatic heterocycles. The van der Waals surface area contributed by atoms with Gasteiger partial charge in [0.1, 0.15) is 5.54 Å². The molecule has 2 N–H and O–H groups in total. The molecule has 7 nitrogen and oxygen atoms in total. The first-order valence-corrected chi connectivity index (χ1v) is 6.63. The molecular formula is C12H22N4O3. The van der Waals surface area contributed by atoms with Crippen LogP contribution in [0.25, 0.3) is 10.4 Å². The van der Waals surface area contributed by atoms with Crippen LogP contribution in [-0.4, -0.2) is 42.4 Å². The van der Waals surface area contributed by atoms with Crippen molar-refractivity contribution in [3.05, 3.63) is 10.4 Å². The molecule has 1 saturated heterocycles. The molecule has 2 atom stereocenters. The SMILES string of the molecule is CC(C)C1CC(NCCCN=[N+]=[N-])(C(=O)O)CCO1. The quantitative estimate of drug-likeness (QED) is 0.319. The average molecular weight is 270 g/mol. The lowest BCUT2D eigenvalue weighted by Crippen LogP contribution is -2.58. The summed E-state index contributed by atoms with van der Waals surface area (Å²) in [6.07, 6.45) is 1.54. The number of carboxylic acid groups (broad SMARTS) is 1. The summed E-state index contributed by atoms with van der Waals surface area (Å²) in [5.41, 5.74) is 7.26. The van der Waals surface area contributed by atoms with Crippen LogP contribution in [-0.2, 0) is 9.53 Å². The molecule has 0 radical (unpaired) electrons. The highest BCUT2D eigenvalue weighted by Gasteiger charge is 2.43. The molecule has 1 fully saturated rings. The summed E-state index contributed by atoms with van der Waals surface area (Å²) in [5, 5.41) is 16.0. The van der Waals surface area contributed by atoms with Crippen molar-refractivity contribution < 1.29 is 14.6 Å². The average Bonchev–Trinajstić information content (AvgIpc) is 2.38. The molecule has 108 valence electrons. The van der Waals surface area contributed by atoms with Gasteiger partial charge >= 0.3 is 5.97 Å². The molecule has 0 aromatic rings. The fourth-order valence-electron chi connectivity index (χ4n) is 2.27. The maximum absolute atomic E-state index is 11.6. The monoisotopic (exact) mass is 270 g/mol. The van der Waals surface area contributed by atoms with E-state index >= 15 is 0 Å².